The monoisotopic (exact) mass is 280 g/mol. The van der Waals surface area contributed by atoms with Crippen molar-refractivity contribution in [1.29, 1.82) is 0 Å². The molecule has 4 nitrogen and oxygen atoms in total. The average Bonchev–Trinajstić information content (AvgIpc) is 2.53. The number of hydrogen-bond donors (Lipinski definition) is 0. The molecular weight excluding hydrogens is 264 g/mol. The van der Waals surface area contributed by atoms with E-state index < -0.39 is 0 Å². The average molecular weight is 280 g/mol. The molecule has 0 N–H and O–H groups in total. The lowest BCUT2D eigenvalue weighted by Gasteiger charge is -2.23. The van der Waals surface area contributed by atoms with Crippen molar-refractivity contribution in [1.82, 2.24) is 9.97 Å². The zero-order chi connectivity index (χ0) is 14.5. The Balaban J connectivity index is 1.76. The Labute approximate surface area is 123 Å². The molecule has 106 valence electrons. The van der Waals surface area contributed by atoms with Crippen LogP contribution in [0.2, 0.25) is 0 Å². The van der Waals surface area contributed by atoms with E-state index in [1.165, 1.54) is 0 Å². The van der Waals surface area contributed by atoms with E-state index in [9.17, 15) is 4.79 Å². The molecule has 1 aliphatic heterocycles. The van der Waals surface area contributed by atoms with E-state index >= 15 is 0 Å². The van der Waals surface area contributed by atoms with E-state index in [0.29, 0.717) is 25.2 Å². The molecule has 1 aliphatic rings. The normalized spacial score (nSPS) is 20.7. The standard InChI is InChI=1S/C17H16N2O2/c20-17-13(9-15-5-1-3-7-18-15)11-21-12-14(17)10-16-6-2-4-8-19-16/h1-9,14H,10-12H2/b13-9+. The third kappa shape index (κ3) is 3.41. The number of carbonyl (C=O) groups is 1. The number of pyridine rings is 2. The molecule has 0 bridgehead atoms. The molecule has 0 aliphatic carbocycles. The van der Waals surface area contributed by atoms with Crippen molar-refractivity contribution in [3.8, 4) is 0 Å². The van der Waals surface area contributed by atoms with E-state index in [-0.39, 0.29) is 11.7 Å². The summed E-state index contributed by atoms with van der Waals surface area (Å²) in [5.41, 5.74) is 2.38. The molecule has 4 heteroatoms. The van der Waals surface area contributed by atoms with E-state index in [0.717, 1.165) is 11.4 Å². The molecule has 0 amide bonds. The van der Waals surface area contributed by atoms with Gasteiger partial charge in [-0.2, -0.15) is 0 Å². The second kappa shape index (κ2) is 6.41. The van der Waals surface area contributed by atoms with E-state index in [4.69, 9.17) is 4.74 Å². The number of ether oxygens (including phenoxy) is 1. The molecule has 3 heterocycles. The fourth-order valence-corrected chi connectivity index (χ4v) is 2.40. The van der Waals surface area contributed by atoms with Gasteiger partial charge in [-0.25, -0.2) is 0 Å². The first-order valence-corrected chi connectivity index (χ1v) is 6.96. The summed E-state index contributed by atoms with van der Waals surface area (Å²) in [5.74, 6) is -0.0267. The Morgan fingerprint density at radius 1 is 1.14 bits per heavy atom. The Morgan fingerprint density at radius 2 is 1.95 bits per heavy atom. The predicted octanol–water partition coefficient (Wildman–Crippen LogP) is 2.32. The van der Waals surface area contributed by atoms with Gasteiger partial charge in [-0.3, -0.25) is 14.8 Å². The van der Waals surface area contributed by atoms with E-state index in [1.807, 2.05) is 42.5 Å². The van der Waals surface area contributed by atoms with Crippen LogP contribution in [0.4, 0.5) is 0 Å². The van der Waals surface area contributed by atoms with E-state index in [1.54, 1.807) is 12.4 Å². The molecule has 0 radical (unpaired) electrons. The first-order valence-electron chi connectivity index (χ1n) is 6.96. The topological polar surface area (TPSA) is 52.1 Å². The van der Waals surface area contributed by atoms with Gasteiger partial charge in [0.25, 0.3) is 0 Å². The summed E-state index contributed by atoms with van der Waals surface area (Å²) < 4.78 is 5.56. The maximum atomic E-state index is 12.5. The highest BCUT2D eigenvalue weighted by atomic mass is 16.5. The highest BCUT2D eigenvalue weighted by Gasteiger charge is 2.27. The minimum atomic E-state index is -0.163. The van der Waals surface area contributed by atoms with Crippen molar-refractivity contribution >= 4 is 11.9 Å². The highest BCUT2D eigenvalue weighted by molar-refractivity contribution is 6.01. The van der Waals surface area contributed by atoms with Gasteiger partial charge in [0.15, 0.2) is 5.78 Å². The molecule has 0 spiro atoms. The number of aromatic nitrogens is 2. The molecule has 2 aromatic rings. The number of rotatable bonds is 3. The van der Waals surface area contributed by atoms with Gasteiger partial charge >= 0.3 is 0 Å². The zero-order valence-corrected chi connectivity index (χ0v) is 11.6. The lowest BCUT2D eigenvalue weighted by molar-refractivity contribution is -0.124. The molecule has 1 saturated heterocycles. The van der Waals surface area contributed by atoms with Crippen LogP contribution in [0.3, 0.4) is 0 Å². The summed E-state index contributed by atoms with van der Waals surface area (Å²) in [5, 5.41) is 0. The van der Waals surface area contributed by atoms with Crippen LogP contribution in [-0.2, 0) is 16.0 Å². The van der Waals surface area contributed by atoms with Gasteiger partial charge in [0.05, 0.1) is 24.8 Å². The lowest BCUT2D eigenvalue weighted by atomic mass is 9.91. The van der Waals surface area contributed by atoms with Gasteiger partial charge in [-0.15, -0.1) is 0 Å². The molecule has 3 rings (SSSR count). The van der Waals surface area contributed by atoms with Crippen LogP contribution < -0.4 is 0 Å². The summed E-state index contributed by atoms with van der Waals surface area (Å²) in [6.45, 7) is 0.809. The quantitative estimate of drug-likeness (QED) is 0.810. The number of hydrogen-bond acceptors (Lipinski definition) is 4. The van der Waals surface area contributed by atoms with Crippen molar-refractivity contribution < 1.29 is 9.53 Å². The van der Waals surface area contributed by atoms with Crippen molar-refractivity contribution in [2.45, 2.75) is 6.42 Å². The van der Waals surface area contributed by atoms with Crippen molar-refractivity contribution in [3.05, 3.63) is 65.8 Å². The molecule has 1 fully saturated rings. The van der Waals surface area contributed by atoms with Gasteiger partial charge < -0.3 is 4.74 Å². The van der Waals surface area contributed by atoms with Gasteiger partial charge in [0.1, 0.15) is 0 Å². The Kier molecular flexibility index (Phi) is 4.17. The summed E-state index contributed by atoms with van der Waals surface area (Å²) in [6, 6.07) is 11.4. The second-order valence-corrected chi connectivity index (χ2v) is 5.03. The van der Waals surface area contributed by atoms with Crippen LogP contribution in [0, 0.1) is 5.92 Å². The Hall–Kier alpha value is -2.33. The second-order valence-electron chi connectivity index (χ2n) is 5.03. The smallest absolute Gasteiger partial charge is 0.167 e. The van der Waals surface area contributed by atoms with Crippen molar-refractivity contribution in [2.24, 2.45) is 5.92 Å². The fourth-order valence-electron chi connectivity index (χ4n) is 2.40. The van der Waals surface area contributed by atoms with Crippen LogP contribution >= 0.6 is 0 Å². The molecule has 1 unspecified atom stereocenters. The van der Waals surface area contributed by atoms with E-state index in [2.05, 4.69) is 9.97 Å². The van der Waals surface area contributed by atoms with Crippen molar-refractivity contribution in [2.75, 3.05) is 13.2 Å². The highest BCUT2D eigenvalue weighted by Crippen LogP contribution is 2.20. The SMILES string of the molecule is O=C1/C(=C/c2ccccn2)COCC1Cc1ccccn1. The minimum absolute atomic E-state index is 0.137. The maximum Gasteiger partial charge on any atom is 0.167 e. The van der Waals surface area contributed by atoms with Gasteiger partial charge in [-0.1, -0.05) is 12.1 Å². The summed E-state index contributed by atoms with van der Waals surface area (Å²) in [7, 11) is 0. The minimum Gasteiger partial charge on any atom is -0.376 e. The maximum absolute atomic E-state index is 12.5. The van der Waals surface area contributed by atoms with Gasteiger partial charge in [0.2, 0.25) is 0 Å². The van der Waals surface area contributed by atoms with Crippen LogP contribution in [0.1, 0.15) is 11.4 Å². The Morgan fingerprint density at radius 3 is 2.67 bits per heavy atom. The number of ketones is 1. The molecule has 21 heavy (non-hydrogen) atoms. The first kappa shape index (κ1) is 13.6. The molecular formula is C17H16N2O2. The van der Waals surface area contributed by atoms with Crippen molar-refractivity contribution in [3.63, 3.8) is 0 Å². The van der Waals surface area contributed by atoms with Crippen LogP contribution in [0.15, 0.2) is 54.4 Å². The zero-order valence-electron chi connectivity index (χ0n) is 11.6. The van der Waals surface area contributed by atoms with Crippen LogP contribution in [0.25, 0.3) is 6.08 Å². The van der Waals surface area contributed by atoms with Crippen LogP contribution in [-0.4, -0.2) is 29.0 Å². The van der Waals surface area contributed by atoms with Crippen LogP contribution in [0.5, 0.6) is 0 Å². The van der Waals surface area contributed by atoms with Gasteiger partial charge in [-0.05, 0) is 30.3 Å². The fraction of sp³-hybridized carbons (Fsp3) is 0.235. The Bertz CT molecular complexity index is 638. The number of carbonyl (C=O) groups excluding carboxylic acids is 1. The summed E-state index contributed by atoms with van der Waals surface area (Å²) in [6.07, 6.45) is 5.88. The summed E-state index contributed by atoms with van der Waals surface area (Å²) in [4.78, 5) is 21.0. The lowest BCUT2D eigenvalue weighted by Crippen LogP contribution is -2.31. The molecule has 1 atom stereocenters. The number of nitrogens with zero attached hydrogens (tertiary/aromatic N) is 2. The molecule has 0 aromatic carbocycles. The number of Topliss-reactive ketones (excluding diaryl/α,β-unsaturated/α-hetero) is 1. The predicted molar refractivity (Wildman–Crippen MR) is 79.5 cm³/mol. The van der Waals surface area contributed by atoms with Gasteiger partial charge in [0, 0.05) is 30.1 Å². The largest absolute Gasteiger partial charge is 0.376 e. The third-order valence-electron chi connectivity index (χ3n) is 3.46. The molecule has 0 saturated carbocycles. The molecule has 2 aromatic heterocycles. The first-order chi connectivity index (χ1) is 10.3. The third-order valence-corrected chi connectivity index (χ3v) is 3.46. The summed E-state index contributed by atoms with van der Waals surface area (Å²) >= 11 is 0.